The Balaban J connectivity index is 3.22. The SMILES string of the molecule is CCCCCCCCC(I)C(C)C1(F)C(F)(F)C(F)(F)C(F)(F)C(F)(F)C1(F)F. The highest BCUT2D eigenvalue weighted by Gasteiger charge is 3.01. The number of halogens is 12. The minimum Gasteiger partial charge on any atom is -0.230 e. The van der Waals surface area contributed by atoms with Gasteiger partial charge in [0.05, 0.1) is 0 Å². The highest BCUT2D eigenvalue weighted by Crippen LogP contribution is 2.71. The van der Waals surface area contributed by atoms with Crippen molar-refractivity contribution in [1.29, 1.82) is 0 Å². The van der Waals surface area contributed by atoms with Crippen LogP contribution in [0.2, 0.25) is 0 Å². The van der Waals surface area contributed by atoms with Crippen molar-refractivity contribution in [3.05, 3.63) is 0 Å². The van der Waals surface area contributed by atoms with Crippen LogP contribution in [0.5, 0.6) is 0 Å². The van der Waals surface area contributed by atoms with Gasteiger partial charge in [-0.25, -0.2) is 4.39 Å². The molecule has 0 saturated heterocycles. The molecule has 0 nitrogen and oxygen atoms in total. The van der Waals surface area contributed by atoms with Gasteiger partial charge in [-0.15, -0.1) is 0 Å². The van der Waals surface area contributed by atoms with Crippen LogP contribution in [-0.4, -0.2) is 39.2 Å². The molecule has 2 atom stereocenters. The van der Waals surface area contributed by atoms with Crippen molar-refractivity contribution in [3.8, 4) is 0 Å². The Bertz CT molecular complexity index is 532. The zero-order valence-electron chi connectivity index (χ0n) is 15.6. The molecular weight excluding hydrogens is 540 g/mol. The minimum absolute atomic E-state index is 0.209. The van der Waals surface area contributed by atoms with Crippen LogP contribution >= 0.6 is 22.6 Å². The fourth-order valence-corrected chi connectivity index (χ4v) is 4.37. The van der Waals surface area contributed by atoms with Gasteiger partial charge in [-0.1, -0.05) is 75.0 Å². The molecule has 0 aliphatic heterocycles. The molecule has 0 aromatic carbocycles. The third kappa shape index (κ3) is 3.64. The van der Waals surface area contributed by atoms with Gasteiger partial charge < -0.3 is 0 Å². The van der Waals surface area contributed by atoms with Crippen molar-refractivity contribution >= 4 is 22.6 Å². The van der Waals surface area contributed by atoms with Gasteiger partial charge in [0, 0.05) is 9.84 Å². The fraction of sp³-hybridized carbons (Fsp3) is 1.00. The van der Waals surface area contributed by atoms with Crippen molar-refractivity contribution in [2.75, 3.05) is 0 Å². The summed E-state index contributed by atoms with van der Waals surface area (Å²) in [5, 5.41) is 0. The lowest BCUT2D eigenvalue weighted by Crippen LogP contribution is -2.85. The predicted molar refractivity (Wildman–Crippen MR) is 93.5 cm³/mol. The Morgan fingerprint density at radius 3 is 1.34 bits per heavy atom. The first-order chi connectivity index (χ1) is 12.9. The second kappa shape index (κ2) is 8.48. The molecule has 1 aliphatic carbocycles. The van der Waals surface area contributed by atoms with E-state index >= 15 is 0 Å². The van der Waals surface area contributed by atoms with E-state index in [4.69, 9.17) is 0 Å². The van der Waals surface area contributed by atoms with E-state index in [-0.39, 0.29) is 12.8 Å². The lowest BCUT2D eigenvalue weighted by atomic mass is 9.66. The van der Waals surface area contributed by atoms with Crippen LogP contribution in [0.25, 0.3) is 0 Å². The molecule has 0 heterocycles. The van der Waals surface area contributed by atoms with E-state index in [2.05, 4.69) is 0 Å². The highest BCUT2D eigenvalue weighted by atomic mass is 127. The highest BCUT2D eigenvalue weighted by molar-refractivity contribution is 14.1. The van der Waals surface area contributed by atoms with Crippen molar-refractivity contribution in [3.63, 3.8) is 0 Å². The maximum atomic E-state index is 15.0. The van der Waals surface area contributed by atoms with Gasteiger partial charge in [-0.05, 0) is 6.42 Å². The molecule has 2 unspecified atom stereocenters. The maximum Gasteiger partial charge on any atom is 0.384 e. The summed E-state index contributed by atoms with van der Waals surface area (Å²) in [5.41, 5.74) is -5.89. The van der Waals surface area contributed by atoms with Crippen LogP contribution in [0, 0.1) is 5.92 Å². The zero-order valence-corrected chi connectivity index (χ0v) is 17.8. The fourth-order valence-electron chi connectivity index (χ4n) is 3.44. The average Bonchev–Trinajstić information content (AvgIpc) is 2.61. The molecule has 1 aliphatic rings. The molecule has 1 saturated carbocycles. The molecule has 1 rings (SSSR count). The maximum absolute atomic E-state index is 15.0. The summed E-state index contributed by atoms with van der Waals surface area (Å²) < 4.78 is 151. The Morgan fingerprint density at radius 2 is 0.931 bits per heavy atom. The number of hydrogen-bond donors (Lipinski definition) is 0. The van der Waals surface area contributed by atoms with Crippen molar-refractivity contribution in [2.24, 2.45) is 5.92 Å². The minimum atomic E-state index is -7.15. The smallest absolute Gasteiger partial charge is 0.230 e. The molecule has 0 radical (unpaired) electrons. The lowest BCUT2D eigenvalue weighted by molar-refractivity contribution is -0.490. The third-order valence-corrected chi connectivity index (χ3v) is 7.20. The standard InChI is InChI=1S/C17H22F11I/c1-3-4-5-6-7-8-9-11(29)10(2)12(18)13(19,20)15(23,24)17(27,28)16(25,26)14(12,21)22/h10-11H,3-9H2,1-2H3. The third-order valence-electron chi connectivity index (χ3n) is 5.49. The number of alkyl halides is 12. The Hall–Kier alpha value is -0.0400. The molecule has 1 fully saturated rings. The van der Waals surface area contributed by atoms with Crippen LogP contribution in [-0.2, 0) is 0 Å². The van der Waals surface area contributed by atoms with Gasteiger partial charge in [0.25, 0.3) is 5.67 Å². The molecule has 0 spiro atoms. The zero-order chi connectivity index (χ0) is 23.1. The summed E-state index contributed by atoms with van der Waals surface area (Å²) in [6, 6.07) is 0. The molecule has 174 valence electrons. The predicted octanol–water partition coefficient (Wildman–Crippen LogP) is 8.08. The van der Waals surface area contributed by atoms with E-state index in [1.807, 2.05) is 6.92 Å². The van der Waals surface area contributed by atoms with Gasteiger partial charge in [-0.3, -0.25) is 0 Å². The van der Waals surface area contributed by atoms with Gasteiger partial charge >= 0.3 is 29.6 Å². The summed E-state index contributed by atoms with van der Waals surface area (Å²) >= 11 is 1.23. The summed E-state index contributed by atoms with van der Waals surface area (Å²) in [4.78, 5) is 0. The van der Waals surface area contributed by atoms with Gasteiger partial charge in [0.1, 0.15) is 0 Å². The van der Waals surface area contributed by atoms with Crippen LogP contribution in [0.15, 0.2) is 0 Å². The van der Waals surface area contributed by atoms with E-state index in [0.717, 1.165) is 19.3 Å². The number of unbranched alkanes of at least 4 members (excludes halogenated alkanes) is 5. The molecule has 12 heteroatoms. The van der Waals surface area contributed by atoms with Gasteiger partial charge in [0.15, 0.2) is 0 Å². The average molecular weight is 562 g/mol. The molecule has 29 heavy (non-hydrogen) atoms. The lowest BCUT2D eigenvalue weighted by Gasteiger charge is -2.55. The van der Waals surface area contributed by atoms with E-state index in [0.29, 0.717) is 19.8 Å². The Labute approximate surface area is 175 Å². The van der Waals surface area contributed by atoms with Crippen LogP contribution in [0.1, 0.15) is 58.8 Å². The molecule has 0 aromatic rings. The van der Waals surface area contributed by atoms with E-state index in [1.165, 1.54) is 22.6 Å². The summed E-state index contributed by atoms with van der Waals surface area (Å²) in [5.74, 6) is -37.4. The van der Waals surface area contributed by atoms with Crippen molar-refractivity contribution in [2.45, 2.75) is 98.0 Å². The summed E-state index contributed by atoms with van der Waals surface area (Å²) in [7, 11) is 0. The molecule has 0 N–H and O–H groups in total. The van der Waals surface area contributed by atoms with Gasteiger partial charge in [-0.2, -0.15) is 43.9 Å². The quantitative estimate of drug-likeness (QED) is 0.115. The van der Waals surface area contributed by atoms with E-state index in [9.17, 15) is 48.3 Å². The van der Waals surface area contributed by atoms with E-state index < -0.39 is 45.1 Å². The largest absolute Gasteiger partial charge is 0.384 e. The summed E-state index contributed by atoms with van der Waals surface area (Å²) in [6.07, 6.45) is 3.87. The monoisotopic (exact) mass is 562 g/mol. The first-order valence-electron chi connectivity index (χ1n) is 9.11. The molecule has 0 bridgehead atoms. The number of hydrogen-bond acceptors (Lipinski definition) is 0. The van der Waals surface area contributed by atoms with Crippen molar-refractivity contribution in [1.82, 2.24) is 0 Å². The normalized spacial score (nSPS) is 27.9. The second-order valence-corrected chi connectivity index (χ2v) is 9.04. The van der Waals surface area contributed by atoms with Crippen LogP contribution in [0.3, 0.4) is 0 Å². The topological polar surface area (TPSA) is 0 Å². The second-order valence-electron chi connectivity index (χ2n) is 7.44. The Kier molecular flexibility index (Phi) is 7.89. The van der Waals surface area contributed by atoms with Crippen LogP contribution < -0.4 is 0 Å². The van der Waals surface area contributed by atoms with Crippen LogP contribution in [0.4, 0.5) is 48.3 Å². The summed E-state index contributed by atoms with van der Waals surface area (Å²) in [6.45, 7) is 2.29. The number of rotatable bonds is 9. The first kappa shape index (κ1) is 27.0. The first-order valence-corrected chi connectivity index (χ1v) is 10.4. The Morgan fingerprint density at radius 1 is 0.586 bits per heavy atom. The van der Waals surface area contributed by atoms with Crippen molar-refractivity contribution < 1.29 is 48.3 Å². The van der Waals surface area contributed by atoms with E-state index in [1.54, 1.807) is 0 Å². The van der Waals surface area contributed by atoms with Gasteiger partial charge in [0.2, 0.25) is 0 Å². The molecular formula is C17H22F11I. The molecule has 0 amide bonds. The molecule has 0 aromatic heterocycles.